The first kappa shape index (κ1) is 16.2. The quantitative estimate of drug-likeness (QED) is 0.327. The molecule has 0 heterocycles. The second-order valence-electron chi connectivity index (χ2n) is 5.84. The first-order valence-corrected chi connectivity index (χ1v) is 6.76. The van der Waals surface area contributed by atoms with E-state index in [9.17, 15) is 4.79 Å². The third-order valence-electron chi connectivity index (χ3n) is 2.77. The summed E-state index contributed by atoms with van der Waals surface area (Å²) in [5.41, 5.74) is 0.467. The number of esters is 1. The van der Waals surface area contributed by atoms with Gasteiger partial charge in [-0.2, -0.15) is 0 Å². The van der Waals surface area contributed by atoms with Crippen LogP contribution in [-0.2, 0) is 9.53 Å². The summed E-state index contributed by atoms with van der Waals surface area (Å²) >= 11 is 0. The molecular weight excluding hydrogens is 212 g/mol. The van der Waals surface area contributed by atoms with Gasteiger partial charge in [0.1, 0.15) is 0 Å². The Balaban J connectivity index is 3.19. The van der Waals surface area contributed by atoms with Gasteiger partial charge in [-0.3, -0.25) is 4.79 Å². The Kier molecular flexibility index (Phi) is 8.83. The fourth-order valence-electron chi connectivity index (χ4n) is 1.78. The van der Waals surface area contributed by atoms with Gasteiger partial charge in [0.05, 0.1) is 6.26 Å². The van der Waals surface area contributed by atoms with E-state index in [0.29, 0.717) is 11.8 Å². The number of hydrogen-bond donors (Lipinski definition) is 0. The second kappa shape index (κ2) is 9.26. The molecule has 0 aliphatic heterocycles. The molecule has 0 unspecified atom stereocenters. The van der Waals surface area contributed by atoms with Crippen molar-refractivity contribution in [3.8, 4) is 0 Å². The molecule has 0 N–H and O–H groups in total. The maximum atomic E-state index is 11.0. The normalized spacial score (nSPS) is 11.2. The minimum Gasteiger partial charge on any atom is -0.435 e. The van der Waals surface area contributed by atoms with E-state index in [0.717, 1.165) is 12.8 Å². The van der Waals surface area contributed by atoms with E-state index in [-0.39, 0.29) is 5.97 Å². The van der Waals surface area contributed by atoms with Crippen molar-refractivity contribution in [3.05, 3.63) is 12.8 Å². The van der Waals surface area contributed by atoms with Gasteiger partial charge >= 0.3 is 5.97 Å². The molecule has 0 spiro atoms. The van der Waals surface area contributed by atoms with Crippen molar-refractivity contribution in [2.45, 2.75) is 72.1 Å². The van der Waals surface area contributed by atoms with Crippen LogP contribution < -0.4 is 0 Å². The number of unbranched alkanes of at least 4 members (excludes halogenated alkanes) is 5. The standard InChI is InChI=1S/C15H28O2/c1-5-17-14(16)12-10-8-6-7-9-11-13-15(2,3)4/h5H,1,6-13H2,2-4H3. The number of hydrogen-bond acceptors (Lipinski definition) is 2. The molecule has 0 aromatic rings. The molecule has 0 bridgehead atoms. The van der Waals surface area contributed by atoms with Crippen LogP contribution >= 0.6 is 0 Å². The fourth-order valence-corrected chi connectivity index (χ4v) is 1.78. The molecule has 0 fully saturated rings. The first-order chi connectivity index (χ1) is 7.95. The van der Waals surface area contributed by atoms with Gasteiger partial charge in [-0.25, -0.2) is 0 Å². The average Bonchev–Trinajstić information content (AvgIpc) is 2.21. The van der Waals surface area contributed by atoms with Crippen LogP contribution in [0, 0.1) is 5.41 Å². The topological polar surface area (TPSA) is 26.3 Å². The Labute approximate surface area is 106 Å². The molecule has 0 saturated carbocycles. The van der Waals surface area contributed by atoms with E-state index in [1.807, 2.05) is 0 Å². The van der Waals surface area contributed by atoms with Crippen molar-refractivity contribution < 1.29 is 9.53 Å². The van der Waals surface area contributed by atoms with Gasteiger partial charge in [-0.1, -0.05) is 59.5 Å². The van der Waals surface area contributed by atoms with Gasteiger partial charge in [0.15, 0.2) is 0 Å². The highest BCUT2D eigenvalue weighted by Crippen LogP contribution is 2.22. The highest BCUT2D eigenvalue weighted by atomic mass is 16.5. The van der Waals surface area contributed by atoms with Crippen molar-refractivity contribution >= 4 is 5.97 Å². The predicted molar refractivity (Wildman–Crippen MR) is 72.7 cm³/mol. The molecule has 0 radical (unpaired) electrons. The van der Waals surface area contributed by atoms with E-state index in [2.05, 4.69) is 32.1 Å². The maximum Gasteiger partial charge on any atom is 0.310 e. The molecular formula is C15H28O2. The summed E-state index contributed by atoms with van der Waals surface area (Å²) in [7, 11) is 0. The summed E-state index contributed by atoms with van der Waals surface area (Å²) in [4.78, 5) is 11.0. The SMILES string of the molecule is C=COC(=O)CCCCCCCCC(C)(C)C. The lowest BCUT2D eigenvalue weighted by atomic mass is 9.89. The summed E-state index contributed by atoms with van der Waals surface area (Å²) in [6, 6.07) is 0. The van der Waals surface area contributed by atoms with Crippen LogP contribution in [0.25, 0.3) is 0 Å². The molecule has 17 heavy (non-hydrogen) atoms. The number of rotatable bonds is 9. The number of ether oxygens (including phenoxy) is 1. The average molecular weight is 240 g/mol. The van der Waals surface area contributed by atoms with Gasteiger partial charge < -0.3 is 4.74 Å². The second-order valence-corrected chi connectivity index (χ2v) is 5.84. The smallest absolute Gasteiger partial charge is 0.310 e. The van der Waals surface area contributed by atoms with E-state index in [1.54, 1.807) is 0 Å². The Hall–Kier alpha value is -0.790. The van der Waals surface area contributed by atoms with Crippen LogP contribution in [0.3, 0.4) is 0 Å². The Morgan fingerprint density at radius 2 is 1.59 bits per heavy atom. The summed E-state index contributed by atoms with van der Waals surface area (Å²) in [5.74, 6) is -0.160. The van der Waals surface area contributed by atoms with Crippen molar-refractivity contribution in [3.63, 3.8) is 0 Å². The molecule has 0 amide bonds. The van der Waals surface area contributed by atoms with Gasteiger partial charge in [-0.15, -0.1) is 0 Å². The van der Waals surface area contributed by atoms with Gasteiger partial charge in [-0.05, 0) is 18.3 Å². The zero-order valence-electron chi connectivity index (χ0n) is 11.8. The Bertz CT molecular complexity index is 213. The van der Waals surface area contributed by atoms with Crippen molar-refractivity contribution in [2.75, 3.05) is 0 Å². The van der Waals surface area contributed by atoms with E-state index < -0.39 is 0 Å². The van der Waals surface area contributed by atoms with Crippen molar-refractivity contribution in [1.29, 1.82) is 0 Å². The van der Waals surface area contributed by atoms with Crippen LogP contribution in [0.1, 0.15) is 72.1 Å². The van der Waals surface area contributed by atoms with Gasteiger partial charge in [0.25, 0.3) is 0 Å². The molecule has 0 aliphatic carbocycles. The monoisotopic (exact) mass is 240 g/mol. The largest absolute Gasteiger partial charge is 0.435 e. The highest BCUT2D eigenvalue weighted by molar-refractivity contribution is 5.69. The van der Waals surface area contributed by atoms with Crippen molar-refractivity contribution in [2.24, 2.45) is 5.41 Å². The maximum absolute atomic E-state index is 11.0. The lowest BCUT2D eigenvalue weighted by Gasteiger charge is -2.17. The minimum atomic E-state index is -0.160. The van der Waals surface area contributed by atoms with Gasteiger partial charge in [0.2, 0.25) is 0 Å². The van der Waals surface area contributed by atoms with E-state index >= 15 is 0 Å². The van der Waals surface area contributed by atoms with E-state index in [4.69, 9.17) is 0 Å². The van der Waals surface area contributed by atoms with E-state index in [1.165, 1.54) is 38.4 Å². The lowest BCUT2D eigenvalue weighted by Crippen LogP contribution is -2.03. The Morgan fingerprint density at radius 3 is 2.12 bits per heavy atom. The summed E-state index contributed by atoms with van der Waals surface area (Å²) in [6.45, 7) is 10.2. The van der Waals surface area contributed by atoms with Gasteiger partial charge in [0, 0.05) is 6.42 Å². The first-order valence-electron chi connectivity index (χ1n) is 6.76. The zero-order chi connectivity index (χ0) is 13.1. The summed E-state index contributed by atoms with van der Waals surface area (Å²) < 4.78 is 4.65. The van der Waals surface area contributed by atoms with Crippen LogP contribution in [0.15, 0.2) is 12.8 Å². The van der Waals surface area contributed by atoms with Crippen LogP contribution in [-0.4, -0.2) is 5.97 Å². The third kappa shape index (κ3) is 13.1. The molecule has 2 heteroatoms. The van der Waals surface area contributed by atoms with Crippen LogP contribution in [0.4, 0.5) is 0 Å². The molecule has 0 atom stereocenters. The highest BCUT2D eigenvalue weighted by Gasteiger charge is 2.08. The van der Waals surface area contributed by atoms with Crippen LogP contribution in [0.5, 0.6) is 0 Å². The molecule has 0 aromatic heterocycles. The molecule has 2 nitrogen and oxygen atoms in total. The minimum absolute atomic E-state index is 0.160. The summed E-state index contributed by atoms with van der Waals surface area (Å²) in [5, 5.41) is 0. The molecule has 0 aliphatic rings. The third-order valence-corrected chi connectivity index (χ3v) is 2.77. The van der Waals surface area contributed by atoms with Crippen molar-refractivity contribution in [1.82, 2.24) is 0 Å². The molecule has 0 aromatic carbocycles. The molecule has 0 saturated heterocycles. The number of carbonyl (C=O) groups is 1. The molecule has 0 rings (SSSR count). The number of carbonyl (C=O) groups excluding carboxylic acids is 1. The fraction of sp³-hybridized carbons (Fsp3) is 0.800. The Morgan fingerprint density at radius 1 is 1.06 bits per heavy atom. The molecule has 100 valence electrons. The predicted octanol–water partition coefficient (Wildman–Crippen LogP) is 4.84. The summed E-state index contributed by atoms with van der Waals surface area (Å²) in [6.07, 6.45) is 10.2. The van der Waals surface area contributed by atoms with Crippen LogP contribution in [0.2, 0.25) is 0 Å². The zero-order valence-corrected chi connectivity index (χ0v) is 11.8. The lowest BCUT2D eigenvalue weighted by molar-refractivity contribution is -0.138.